The minimum Gasteiger partial charge on any atom is -0.349 e. The van der Waals surface area contributed by atoms with Gasteiger partial charge in [0.1, 0.15) is 9.88 Å². The lowest BCUT2D eigenvalue weighted by Crippen LogP contribution is -2.44. The molecule has 0 unspecified atom stereocenters. The minimum atomic E-state index is -0.426. The predicted molar refractivity (Wildman–Crippen MR) is 75.9 cm³/mol. The van der Waals surface area contributed by atoms with Gasteiger partial charge < -0.3 is 11.1 Å². The van der Waals surface area contributed by atoms with Gasteiger partial charge in [0.2, 0.25) is 0 Å². The number of pyridine rings is 1. The minimum absolute atomic E-state index is 0.154. The van der Waals surface area contributed by atoms with Gasteiger partial charge in [0.05, 0.1) is 11.9 Å². The summed E-state index contributed by atoms with van der Waals surface area (Å²) in [6, 6.07) is 5.60. The Kier molecular flexibility index (Phi) is 3.92. The molecule has 0 spiro atoms. The number of thiazole rings is 1. The number of carbonyl (C=O) groups is 1. The van der Waals surface area contributed by atoms with Gasteiger partial charge in [-0.05, 0) is 26.0 Å². The van der Waals surface area contributed by atoms with Crippen LogP contribution in [-0.2, 0) is 0 Å². The van der Waals surface area contributed by atoms with E-state index in [1.165, 1.54) is 11.3 Å². The van der Waals surface area contributed by atoms with Gasteiger partial charge in [-0.2, -0.15) is 0 Å². The number of nitrogens with zero attached hydrogens (tertiary/aromatic N) is 2. The molecule has 2 aromatic rings. The average molecular weight is 276 g/mol. The molecule has 6 heteroatoms. The maximum atomic E-state index is 11.9. The Morgan fingerprint density at radius 2 is 2.21 bits per heavy atom. The van der Waals surface area contributed by atoms with Crippen molar-refractivity contribution >= 4 is 17.2 Å². The summed E-state index contributed by atoms with van der Waals surface area (Å²) in [5.74, 6) is -0.154. The van der Waals surface area contributed by atoms with Crippen LogP contribution >= 0.6 is 11.3 Å². The third-order valence-corrected chi connectivity index (χ3v) is 3.34. The normalized spacial score (nSPS) is 11.3. The van der Waals surface area contributed by atoms with Gasteiger partial charge in [-0.25, -0.2) is 4.98 Å². The molecule has 0 aliphatic heterocycles. The van der Waals surface area contributed by atoms with Crippen molar-refractivity contribution in [3.05, 3.63) is 35.5 Å². The number of carbonyl (C=O) groups excluding carboxylic acids is 1. The highest BCUT2D eigenvalue weighted by atomic mass is 32.1. The lowest BCUT2D eigenvalue weighted by Gasteiger charge is -2.18. The molecule has 0 aromatic carbocycles. The second-order valence-corrected chi connectivity index (χ2v) is 5.95. The first-order valence-corrected chi connectivity index (χ1v) is 6.72. The third kappa shape index (κ3) is 3.84. The Bertz CT molecular complexity index is 560. The lowest BCUT2D eigenvalue weighted by atomic mass is 10.1. The van der Waals surface area contributed by atoms with Crippen molar-refractivity contribution in [1.29, 1.82) is 0 Å². The number of nitrogens with one attached hydrogen (secondary N) is 1. The summed E-state index contributed by atoms with van der Waals surface area (Å²) in [6.45, 7) is 4.14. The molecule has 0 saturated carbocycles. The number of amides is 1. The van der Waals surface area contributed by atoms with Crippen LogP contribution < -0.4 is 11.1 Å². The number of rotatable bonds is 4. The van der Waals surface area contributed by atoms with Crippen molar-refractivity contribution in [3.8, 4) is 10.7 Å². The Morgan fingerprint density at radius 3 is 2.84 bits per heavy atom. The Morgan fingerprint density at radius 1 is 1.42 bits per heavy atom. The van der Waals surface area contributed by atoms with Crippen molar-refractivity contribution in [2.45, 2.75) is 19.4 Å². The van der Waals surface area contributed by atoms with Crippen LogP contribution in [0.25, 0.3) is 10.7 Å². The lowest BCUT2D eigenvalue weighted by molar-refractivity contribution is 0.0950. The molecule has 2 rings (SSSR count). The van der Waals surface area contributed by atoms with E-state index in [1.807, 2.05) is 32.0 Å². The summed E-state index contributed by atoms with van der Waals surface area (Å²) >= 11 is 1.32. The van der Waals surface area contributed by atoms with Crippen LogP contribution in [0.2, 0.25) is 0 Å². The molecule has 100 valence electrons. The molecule has 0 aliphatic carbocycles. The topological polar surface area (TPSA) is 80.9 Å². The summed E-state index contributed by atoms with van der Waals surface area (Å²) in [5.41, 5.74) is 6.16. The van der Waals surface area contributed by atoms with Crippen LogP contribution in [0.15, 0.2) is 30.6 Å². The highest BCUT2D eigenvalue weighted by Crippen LogP contribution is 2.22. The van der Waals surface area contributed by atoms with Gasteiger partial charge in [-0.3, -0.25) is 9.78 Å². The number of nitrogens with two attached hydrogens (primary N) is 1. The second-order valence-electron chi connectivity index (χ2n) is 4.92. The summed E-state index contributed by atoms with van der Waals surface area (Å²) in [6.07, 6.45) is 3.26. The molecule has 0 atom stereocenters. The van der Waals surface area contributed by atoms with Crippen LogP contribution in [0.4, 0.5) is 0 Å². The van der Waals surface area contributed by atoms with Crippen molar-refractivity contribution in [2.75, 3.05) is 6.54 Å². The van der Waals surface area contributed by atoms with E-state index in [1.54, 1.807) is 12.4 Å². The standard InChI is InChI=1S/C13H16N4OS/c1-13(2,14)8-17-11(18)10-7-16-12(19-10)9-5-3-4-6-15-9/h3-7H,8,14H2,1-2H3,(H,17,18). The highest BCUT2D eigenvalue weighted by Gasteiger charge is 2.16. The van der Waals surface area contributed by atoms with E-state index >= 15 is 0 Å². The molecule has 2 heterocycles. The van der Waals surface area contributed by atoms with Gasteiger partial charge in [0.25, 0.3) is 5.91 Å². The van der Waals surface area contributed by atoms with Crippen LogP contribution in [0.3, 0.4) is 0 Å². The largest absolute Gasteiger partial charge is 0.349 e. The summed E-state index contributed by atoms with van der Waals surface area (Å²) in [7, 11) is 0. The fraction of sp³-hybridized carbons (Fsp3) is 0.308. The van der Waals surface area contributed by atoms with Gasteiger partial charge in [0, 0.05) is 18.3 Å². The van der Waals surface area contributed by atoms with Crippen LogP contribution in [0, 0.1) is 0 Å². The van der Waals surface area contributed by atoms with E-state index in [0.29, 0.717) is 11.4 Å². The number of hydrogen-bond acceptors (Lipinski definition) is 5. The third-order valence-electron chi connectivity index (χ3n) is 2.32. The Balaban J connectivity index is 2.07. The molecular formula is C13H16N4OS. The molecule has 3 N–H and O–H groups in total. The van der Waals surface area contributed by atoms with E-state index in [-0.39, 0.29) is 5.91 Å². The number of hydrogen-bond donors (Lipinski definition) is 2. The second kappa shape index (κ2) is 5.46. The molecule has 1 amide bonds. The van der Waals surface area contributed by atoms with Crippen LogP contribution in [0.5, 0.6) is 0 Å². The average Bonchev–Trinajstić information content (AvgIpc) is 2.86. The maximum Gasteiger partial charge on any atom is 0.263 e. The molecule has 19 heavy (non-hydrogen) atoms. The van der Waals surface area contributed by atoms with Crippen molar-refractivity contribution < 1.29 is 4.79 Å². The van der Waals surface area contributed by atoms with Crippen molar-refractivity contribution in [3.63, 3.8) is 0 Å². The smallest absolute Gasteiger partial charge is 0.263 e. The zero-order chi connectivity index (χ0) is 13.9. The van der Waals surface area contributed by atoms with E-state index in [4.69, 9.17) is 5.73 Å². The first-order chi connectivity index (χ1) is 8.96. The molecule has 0 bridgehead atoms. The first-order valence-electron chi connectivity index (χ1n) is 5.90. The number of aromatic nitrogens is 2. The molecule has 0 aliphatic rings. The SMILES string of the molecule is CC(C)(N)CNC(=O)c1cnc(-c2ccccn2)s1. The fourth-order valence-electron chi connectivity index (χ4n) is 1.38. The monoisotopic (exact) mass is 276 g/mol. The molecule has 2 aromatic heterocycles. The van der Waals surface area contributed by atoms with Gasteiger partial charge in [0.15, 0.2) is 0 Å². The molecule has 0 radical (unpaired) electrons. The summed E-state index contributed by atoms with van der Waals surface area (Å²) in [4.78, 5) is 20.9. The van der Waals surface area contributed by atoms with Crippen molar-refractivity contribution in [1.82, 2.24) is 15.3 Å². The zero-order valence-electron chi connectivity index (χ0n) is 10.9. The van der Waals surface area contributed by atoms with Crippen LogP contribution in [-0.4, -0.2) is 28.0 Å². The molecular weight excluding hydrogens is 260 g/mol. The van der Waals surface area contributed by atoms with Gasteiger partial charge in [-0.1, -0.05) is 6.07 Å². The van der Waals surface area contributed by atoms with Gasteiger partial charge in [-0.15, -0.1) is 11.3 Å². The predicted octanol–water partition coefficient (Wildman–Crippen LogP) is 1.67. The van der Waals surface area contributed by atoms with E-state index in [2.05, 4.69) is 15.3 Å². The first kappa shape index (κ1) is 13.6. The fourth-order valence-corrected chi connectivity index (χ4v) is 2.19. The molecule has 5 nitrogen and oxygen atoms in total. The van der Waals surface area contributed by atoms with Gasteiger partial charge >= 0.3 is 0 Å². The van der Waals surface area contributed by atoms with E-state index in [9.17, 15) is 4.79 Å². The zero-order valence-corrected chi connectivity index (χ0v) is 11.7. The van der Waals surface area contributed by atoms with E-state index in [0.717, 1.165) is 10.7 Å². The maximum absolute atomic E-state index is 11.9. The van der Waals surface area contributed by atoms with E-state index < -0.39 is 5.54 Å². The quantitative estimate of drug-likeness (QED) is 0.890. The Hall–Kier alpha value is -1.79. The summed E-state index contributed by atoms with van der Waals surface area (Å²) < 4.78 is 0. The highest BCUT2D eigenvalue weighted by molar-refractivity contribution is 7.16. The molecule has 0 fully saturated rings. The Labute approximate surface area is 115 Å². The van der Waals surface area contributed by atoms with Crippen molar-refractivity contribution in [2.24, 2.45) is 5.73 Å². The molecule has 0 saturated heterocycles. The summed E-state index contributed by atoms with van der Waals surface area (Å²) in [5, 5.41) is 3.52. The van der Waals surface area contributed by atoms with Crippen LogP contribution in [0.1, 0.15) is 23.5 Å².